The average molecular weight is 883 g/mol. The molecule has 6 rings (SSSR count). The zero-order valence-electron chi connectivity index (χ0n) is 38.0. The van der Waals surface area contributed by atoms with Gasteiger partial charge in [-0.05, 0) is 140 Å². The number of alkyl carbamates (subject to hydrolysis) is 2. The molecule has 338 valence electrons. The van der Waals surface area contributed by atoms with Gasteiger partial charge in [0.05, 0.1) is 0 Å². The fourth-order valence-electron chi connectivity index (χ4n) is 7.04. The van der Waals surface area contributed by atoms with Crippen LogP contribution in [0.5, 0.6) is 0 Å². The van der Waals surface area contributed by atoms with Gasteiger partial charge < -0.3 is 45.9 Å². The minimum absolute atomic E-state index is 0. The maximum Gasteiger partial charge on any atom is 0.407 e. The lowest BCUT2D eigenvalue weighted by molar-refractivity contribution is 0.0514. The molecule has 63 heavy (non-hydrogen) atoms. The largest absolute Gasteiger partial charge is 0.444 e. The summed E-state index contributed by atoms with van der Waals surface area (Å²) in [7, 11) is 0. The number of aromatic nitrogens is 4. The summed E-state index contributed by atoms with van der Waals surface area (Å²) in [6.45, 7) is 20.2. The molecule has 0 saturated carbocycles. The molecular formula is C48H64ClN9O5. The van der Waals surface area contributed by atoms with Gasteiger partial charge in [0.15, 0.2) is 0 Å². The van der Waals surface area contributed by atoms with Crippen LogP contribution in [0.15, 0.2) is 109 Å². The molecule has 4 aromatic heterocycles. The van der Waals surface area contributed by atoms with Crippen LogP contribution in [0.25, 0.3) is 11.6 Å². The van der Waals surface area contributed by atoms with Gasteiger partial charge in [0, 0.05) is 47.7 Å². The lowest BCUT2D eigenvalue weighted by Gasteiger charge is -2.24. The molecule has 0 bridgehead atoms. The summed E-state index contributed by atoms with van der Waals surface area (Å²) in [5, 5.41) is 12.3. The van der Waals surface area contributed by atoms with E-state index in [9.17, 15) is 9.59 Å². The molecule has 0 radical (unpaired) electrons. The second kappa shape index (κ2) is 22.7. The number of nitrogens with zero attached hydrogens (tertiary/aromatic N) is 4. The fraction of sp³-hybridized carbons (Fsp3) is 0.333. The van der Waals surface area contributed by atoms with E-state index in [0.29, 0.717) is 24.7 Å². The summed E-state index contributed by atoms with van der Waals surface area (Å²) in [6.07, 6.45) is -0.884. The molecule has 2 unspecified atom stereocenters. The molecule has 0 spiro atoms. The molecule has 6 aromatic rings. The number of nitrogen functional groups attached to an aromatic ring is 2. The lowest BCUT2D eigenvalue weighted by Crippen LogP contribution is -2.35. The maximum atomic E-state index is 12.6. The van der Waals surface area contributed by atoms with Gasteiger partial charge in [0.25, 0.3) is 0 Å². The van der Waals surface area contributed by atoms with Crippen molar-refractivity contribution < 1.29 is 24.3 Å². The predicted octanol–water partition coefficient (Wildman–Crippen LogP) is 9.21. The second-order valence-electron chi connectivity index (χ2n) is 17.0. The number of benzene rings is 2. The highest BCUT2D eigenvalue weighted by Crippen LogP contribution is 2.30. The van der Waals surface area contributed by atoms with Crippen LogP contribution in [0.3, 0.4) is 0 Å². The molecule has 0 aliphatic carbocycles. The molecule has 2 atom stereocenters. The van der Waals surface area contributed by atoms with Crippen LogP contribution >= 0.6 is 12.4 Å². The minimum Gasteiger partial charge on any atom is -0.444 e. The third kappa shape index (κ3) is 14.9. The van der Waals surface area contributed by atoms with E-state index in [0.717, 1.165) is 56.7 Å². The predicted molar refractivity (Wildman–Crippen MR) is 253 cm³/mol. The SMILES string of the molecule is CC(C)(C)OC(=O)NCC(c1ccccc1)c1cc(N)nc(N)c1.Cc1ccc(C)n1-c1cc(C(CNC(=O)OC(C)(C)C)c2ccccc2)cc(-n2c(C)ccc2C)n1.Cl.NO. The number of nitrogens with one attached hydrogen (secondary N) is 2. The van der Waals surface area contributed by atoms with Crippen molar-refractivity contribution in [1.82, 2.24) is 29.7 Å². The van der Waals surface area contributed by atoms with E-state index in [-0.39, 0.29) is 24.2 Å². The summed E-state index contributed by atoms with van der Waals surface area (Å²) >= 11 is 0. The first kappa shape index (κ1) is 51.0. The summed E-state index contributed by atoms with van der Waals surface area (Å²) < 4.78 is 15.2. The van der Waals surface area contributed by atoms with E-state index < -0.39 is 23.4 Å². The quantitative estimate of drug-likeness (QED) is 0.0718. The van der Waals surface area contributed by atoms with Gasteiger partial charge in [-0.3, -0.25) is 0 Å². The fourth-order valence-corrected chi connectivity index (χ4v) is 7.04. The number of halogens is 1. The summed E-state index contributed by atoms with van der Waals surface area (Å²) in [5.41, 5.74) is 19.1. The normalized spacial score (nSPS) is 11.9. The topological polar surface area (TPSA) is 211 Å². The van der Waals surface area contributed by atoms with E-state index in [1.807, 2.05) is 90.1 Å². The Morgan fingerprint density at radius 2 is 0.873 bits per heavy atom. The molecule has 0 aliphatic heterocycles. The number of nitrogens with two attached hydrogens (primary N) is 3. The van der Waals surface area contributed by atoms with Gasteiger partial charge in [0.1, 0.15) is 34.5 Å². The number of hydrogen-bond acceptors (Lipinski definition) is 10. The van der Waals surface area contributed by atoms with Crippen molar-refractivity contribution in [2.24, 2.45) is 5.90 Å². The van der Waals surface area contributed by atoms with Crippen LogP contribution in [0.2, 0.25) is 0 Å². The van der Waals surface area contributed by atoms with E-state index in [4.69, 9.17) is 31.1 Å². The number of hydrogen-bond donors (Lipinski definition) is 6. The zero-order valence-corrected chi connectivity index (χ0v) is 38.8. The zero-order chi connectivity index (χ0) is 45.8. The highest BCUT2D eigenvalue weighted by Gasteiger charge is 2.23. The number of ether oxygens (including phenoxy) is 2. The molecule has 0 fully saturated rings. The number of aryl methyl sites for hydroxylation is 4. The molecular weight excluding hydrogens is 818 g/mol. The van der Waals surface area contributed by atoms with Crippen LogP contribution in [0.4, 0.5) is 21.2 Å². The van der Waals surface area contributed by atoms with Gasteiger partial charge in [-0.1, -0.05) is 60.7 Å². The average Bonchev–Trinajstić information content (AvgIpc) is 3.72. The Kier molecular flexibility index (Phi) is 18.3. The maximum absolute atomic E-state index is 12.6. The molecule has 0 saturated heterocycles. The number of carbonyl (C=O) groups excluding carboxylic acids is 2. The molecule has 2 aromatic carbocycles. The van der Waals surface area contributed by atoms with Crippen molar-refractivity contribution in [3.8, 4) is 11.6 Å². The minimum atomic E-state index is -0.559. The molecule has 9 N–H and O–H groups in total. The van der Waals surface area contributed by atoms with Crippen LogP contribution in [0.1, 0.15) is 98.4 Å². The van der Waals surface area contributed by atoms with Crippen molar-refractivity contribution in [1.29, 1.82) is 0 Å². The van der Waals surface area contributed by atoms with Gasteiger partial charge in [-0.15, -0.1) is 12.4 Å². The van der Waals surface area contributed by atoms with Crippen molar-refractivity contribution in [3.63, 3.8) is 0 Å². The molecule has 0 aliphatic rings. The first-order valence-electron chi connectivity index (χ1n) is 20.4. The number of anilines is 2. The van der Waals surface area contributed by atoms with Crippen LogP contribution in [0, 0.1) is 27.7 Å². The van der Waals surface area contributed by atoms with Gasteiger partial charge in [0.2, 0.25) is 0 Å². The van der Waals surface area contributed by atoms with E-state index in [1.54, 1.807) is 12.1 Å². The smallest absolute Gasteiger partial charge is 0.407 e. The Bertz CT molecular complexity index is 2260. The summed E-state index contributed by atoms with van der Waals surface area (Å²) in [4.78, 5) is 33.6. The first-order chi connectivity index (χ1) is 29.3. The van der Waals surface area contributed by atoms with Gasteiger partial charge in [-0.25, -0.2) is 25.5 Å². The Morgan fingerprint density at radius 1 is 0.556 bits per heavy atom. The Balaban J connectivity index is 0.000000342. The molecule has 4 heterocycles. The molecule has 2 amide bonds. The Hall–Kier alpha value is -6.35. The van der Waals surface area contributed by atoms with E-state index >= 15 is 0 Å². The molecule has 15 heteroatoms. The van der Waals surface area contributed by atoms with Crippen molar-refractivity contribution in [2.45, 2.75) is 92.3 Å². The first-order valence-corrected chi connectivity index (χ1v) is 20.4. The monoisotopic (exact) mass is 881 g/mol. The third-order valence-corrected chi connectivity index (χ3v) is 9.62. The van der Waals surface area contributed by atoms with E-state index in [1.165, 1.54) is 0 Å². The number of pyridine rings is 2. The number of amides is 2. The van der Waals surface area contributed by atoms with Gasteiger partial charge in [-0.2, -0.15) is 0 Å². The Labute approximate surface area is 377 Å². The van der Waals surface area contributed by atoms with Crippen molar-refractivity contribution in [3.05, 3.63) is 154 Å². The van der Waals surface area contributed by atoms with Crippen molar-refractivity contribution in [2.75, 3.05) is 24.6 Å². The highest BCUT2D eigenvalue weighted by molar-refractivity contribution is 5.85. The van der Waals surface area contributed by atoms with Crippen LogP contribution in [-0.2, 0) is 9.47 Å². The van der Waals surface area contributed by atoms with Crippen molar-refractivity contribution >= 4 is 36.2 Å². The lowest BCUT2D eigenvalue weighted by atomic mass is 9.91. The van der Waals surface area contributed by atoms with Gasteiger partial charge >= 0.3 is 12.2 Å². The van der Waals surface area contributed by atoms with Crippen LogP contribution < -0.4 is 28.0 Å². The molecule has 14 nitrogen and oxygen atoms in total. The summed E-state index contributed by atoms with van der Waals surface area (Å²) in [6, 6.07) is 36.3. The highest BCUT2D eigenvalue weighted by atomic mass is 35.5. The van der Waals surface area contributed by atoms with Crippen LogP contribution in [-0.4, -0.2) is 60.8 Å². The Morgan fingerprint density at radius 3 is 1.19 bits per heavy atom. The standard InChI is InChI=1S/C30H36N4O2.C18H24N4O2.ClH.H3NO/c1-20-13-14-21(2)33(20)27-17-25(18-28(32-27)34-22(3)15-16-23(34)4)26(24-11-9-8-10-12-24)19-31-29(35)36-30(5,6)7;1-18(2,3)24-17(23)21-11-14(12-7-5-4-6-8-12)13-9-15(19)22-16(20)10-13;;1-2/h8-18,26H,19H2,1-7H3,(H,31,35);4-10,14H,11H2,1-3H3,(H,21,23)(H4,19,20,22);1H;2H,1H2. The number of carbonyl (C=O) groups is 2. The third-order valence-electron chi connectivity index (χ3n) is 9.62. The summed E-state index contributed by atoms with van der Waals surface area (Å²) in [5.74, 6) is 5.71. The van der Waals surface area contributed by atoms with E-state index in [2.05, 4.69) is 107 Å². The second-order valence-corrected chi connectivity index (χ2v) is 17.0. The number of rotatable bonds is 10.